The number of amides is 1. The SMILES string of the molecule is CC(C(=O)N(C1CC1)C(C)c1ccccc1Cl)C1CNC1.Cl. The molecule has 1 aliphatic heterocycles. The zero-order chi connectivity index (χ0) is 15.0. The molecule has 1 saturated carbocycles. The molecular formula is C17H24Cl2N2O. The van der Waals surface area contributed by atoms with Crippen LogP contribution in [-0.4, -0.2) is 29.9 Å². The molecule has 22 heavy (non-hydrogen) atoms. The molecule has 3 nitrogen and oxygen atoms in total. The van der Waals surface area contributed by atoms with E-state index in [9.17, 15) is 4.79 Å². The van der Waals surface area contributed by atoms with Gasteiger partial charge in [0.25, 0.3) is 0 Å². The lowest BCUT2D eigenvalue weighted by Gasteiger charge is -2.38. The Labute approximate surface area is 143 Å². The lowest BCUT2D eigenvalue weighted by Crippen LogP contribution is -2.51. The van der Waals surface area contributed by atoms with Crippen molar-refractivity contribution in [1.29, 1.82) is 0 Å². The van der Waals surface area contributed by atoms with Crippen LogP contribution in [0.3, 0.4) is 0 Å². The highest BCUT2D eigenvalue weighted by molar-refractivity contribution is 6.31. The molecule has 1 saturated heterocycles. The van der Waals surface area contributed by atoms with Crippen LogP contribution in [0.2, 0.25) is 5.02 Å². The van der Waals surface area contributed by atoms with Gasteiger partial charge in [0.1, 0.15) is 0 Å². The average Bonchev–Trinajstić information content (AvgIpc) is 3.21. The first-order valence-electron chi connectivity index (χ1n) is 7.87. The molecule has 1 amide bonds. The zero-order valence-electron chi connectivity index (χ0n) is 13.1. The first-order chi connectivity index (χ1) is 10.1. The topological polar surface area (TPSA) is 32.3 Å². The van der Waals surface area contributed by atoms with E-state index in [-0.39, 0.29) is 30.3 Å². The fraction of sp³-hybridized carbons (Fsp3) is 0.588. The molecule has 5 heteroatoms. The minimum atomic E-state index is 0. The van der Waals surface area contributed by atoms with Crippen LogP contribution >= 0.6 is 24.0 Å². The fourth-order valence-corrected chi connectivity index (χ4v) is 3.40. The van der Waals surface area contributed by atoms with Crippen molar-refractivity contribution < 1.29 is 4.79 Å². The summed E-state index contributed by atoms with van der Waals surface area (Å²) in [6.45, 7) is 6.10. The van der Waals surface area contributed by atoms with E-state index >= 15 is 0 Å². The minimum Gasteiger partial charge on any atom is -0.333 e. The number of nitrogens with zero attached hydrogens (tertiary/aromatic N) is 1. The van der Waals surface area contributed by atoms with E-state index in [1.54, 1.807) is 0 Å². The largest absolute Gasteiger partial charge is 0.333 e. The summed E-state index contributed by atoms with van der Waals surface area (Å²) < 4.78 is 0. The maximum absolute atomic E-state index is 12.9. The summed E-state index contributed by atoms with van der Waals surface area (Å²) in [5.41, 5.74) is 1.05. The van der Waals surface area contributed by atoms with Crippen LogP contribution in [0.15, 0.2) is 24.3 Å². The molecule has 0 spiro atoms. The molecule has 1 aliphatic carbocycles. The van der Waals surface area contributed by atoms with Crippen LogP contribution in [-0.2, 0) is 4.79 Å². The Balaban J connectivity index is 0.00000176. The highest BCUT2D eigenvalue weighted by atomic mass is 35.5. The number of halogens is 2. The second kappa shape index (κ2) is 7.20. The third kappa shape index (κ3) is 3.42. The van der Waals surface area contributed by atoms with Crippen molar-refractivity contribution in [3.8, 4) is 0 Å². The van der Waals surface area contributed by atoms with Gasteiger partial charge in [0, 0.05) is 17.0 Å². The predicted octanol–water partition coefficient (Wildman–Crippen LogP) is 3.67. The molecule has 2 fully saturated rings. The third-order valence-electron chi connectivity index (χ3n) is 4.88. The van der Waals surface area contributed by atoms with Crippen molar-refractivity contribution in [3.63, 3.8) is 0 Å². The van der Waals surface area contributed by atoms with Crippen molar-refractivity contribution in [2.75, 3.05) is 13.1 Å². The van der Waals surface area contributed by atoms with Gasteiger partial charge in [0.05, 0.1) is 6.04 Å². The van der Waals surface area contributed by atoms with Gasteiger partial charge in [-0.15, -0.1) is 12.4 Å². The Morgan fingerprint density at radius 2 is 1.91 bits per heavy atom. The number of benzene rings is 1. The number of rotatable bonds is 5. The van der Waals surface area contributed by atoms with Crippen molar-refractivity contribution >= 4 is 29.9 Å². The maximum Gasteiger partial charge on any atom is 0.226 e. The molecule has 1 aromatic carbocycles. The summed E-state index contributed by atoms with van der Waals surface area (Å²) in [7, 11) is 0. The van der Waals surface area contributed by atoms with E-state index in [4.69, 9.17) is 11.6 Å². The molecule has 122 valence electrons. The number of hydrogen-bond donors (Lipinski definition) is 1. The minimum absolute atomic E-state index is 0. The van der Waals surface area contributed by atoms with Gasteiger partial charge >= 0.3 is 0 Å². The van der Waals surface area contributed by atoms with Crippen LogP contribution in [0.25, 0.3) is 0 Å². The lowest BCUT2D eigenvalue weighted by molar-refractivity contribution is -0.140. The van der Waals surface area contributed by atoms with Crippen LogP contribution in [0.4, 0.5) is 0 Å². The molecule has 1 aromatic rings. The Kier molecular flexibility index (Phi) is 5.76. The molecule has 2 atom stereocenters. The molecule has 0 radical (unpaired) electrons. The normalized spacial score (nSPS) is 20.5. The Morgan fingerprint density at radius 3 is 2.41 bits per heavy atom. The van der Waals surface area contributed by atoms with Gasteiger partial charge in [-0.05, 0) is 50.4 Å². The van der Waals surface area contributed by atoms with Gasteiger partial charge in [-0.1, -0.05) is 36.7 Å². The van der Waals surface area contributed by atoms with Crippen LogP contribution in [0.1, 0.15) is 38.3 Å². The summed E-state index contributed by atoms with van der Waals surface area (Å²) in [4.78, 5) is 15.0. The quantitative estimate of drug-likeness (QED) is 0.885. The smallest absolute Gasteiger partial charge is 0.226 e. The summed E-state index contributed by atoms with van der Waals surface area (Å²) in [6, 6.07) is 8.32. The molecule has 3 rings (SSSR count). The summed E-state index contributed by atoms with van der Waals surface area (Å²) in [5.74, 6) is 0.866. The van der Waals surface area contributed by atoms with E-state index in [1.807, 2.05) is 24.3 Å². The molecule has 0 aromatic heterocycles. The number of carbonyl (C=O) groups is 1. The predicted molar refractivity (Wildman–Crippen MR) is 92.5 cm³/mol. The van der Waals surface area contributed by atoms with Gasteiger partial charge in [0.15, 0.2) is 0 Å². The van der Waals surface area contributed by atoms with Crippen LogP contribution < -0.4 is 5.32 Å². The molecule has 2 aliphatic rings. The Morgan fingerprint density at radius 1 is 1.27 bits per heavy atom. The first kappa shape index (κ1) is 17.6. The van der Waals surface area contributed by atoms with Crippen molar-refractivity contribution in [3.05, 3.63) is 34.9 Å². The zero-order valence-corrected chi connectivity index (χ0v) is 14.7. The standard InChI is InChI=1S/C17H23ClN2O.ClH/c1-11(13-9-19-10-13)17(21)20(14-7-8-14)12(2)15-5-3-4-6-16(15)18;/h3-6,11-14,19H,7-10H2,1-2H3;1H. The summed E-state index contributed by atoms with van der Waals surface area (Å²) in [5, 5.41) is 4.01. The highest BCUT2D eigenvalue weighted by Gasteiger charge is 2.41. The van der Waals surface area contributed by atoms with Gasteiger partial charge < -0.3 is 10.2 Å². The number of nitrogens with one attached hydrogen (secondary N) is 1. The lowest BCUT2D eigenvalue weighted by atomic mass is 9.87. The second-order valence-corrected chi connectivity index (χ2v) is 6.79. The van der Waals surface area contributed by atoms with Crippen LogP contribution in [0, 0.1) is 11.8 Å². The van der Waals surface area contributed by atoms with Crippen molar-refractivity contribution in [1.82, 2.24) is 10.2 Å². The van der Waals surface area contributed by atoms with Crippen molar-refractivity contribution in [2.24, 2.45) is 11.8 Å². The van der Waals surface area contributed by atoms with E-state index in [0.29, 0.717) is 12.0 Å². The molecular weight excluding hydrogens is 319 g/mol. The number of hydrogen-bond acceptors (Lipinski definition) is 2. The van der Waals surface area contributed by atoms with Gasteiger partial charge in [-0.3, -0.25) is 4.79 Å². The molecule has 1 heterocycles. The van der Waals surface area contributed by atoms with E-state index in [1.165, 1.54) is 0 Å². The Hall–Kier alpha value is -0.770. The monoisotopic (exact) mass is 342 g/mol. The molecule has 1 N–H and O–H groups in total. The molecule has 0 bridgehead atoms. The van der Waals surface area contributed by atoms with Gasteiger partial charge in [0.2, 0.25) is 5.91 Å². The third-order valence-corrected chi connectivity index (χ3v) is 5.22. The number of carbonyl (C=O) groups excluding carboxylic acids is 1. The van der Waals surface area contributed by atoms with E-state index < -0.39 is 0 Å². The first-order valence-corrected chi connectivity index (χ1v) is 8.24. The average molecular weight is 343 g/mol. The fourth-order valence-electron chi connectivity index (χ4n) is 3.10. The molecule has 2 unspecified atom stereocenters. The van der Waals surface area contributed by atoms with Crippen LogP contribution in [0.5, 0.6) is 0 Å². The van der Waals surface area contributed by atoms with E-state index in [0.717, 1.165) is 36.5 Å². The van der Waals surface area contributed by atoms with E-state index in [2.05, 4.69) is 24.1 Å². The van der Waals surface area contributed by atoms with Gasteiger partial charge in [-0.25, -0.2) is 0 Å². The Bertz CT molecular complexity index is 529. The van der Waals surface area contributed by atoms with Gasteiger partial charge in [-0.2, -0.15) is 0 Å². The summed E-state index contributed by atoms with van der Waals surface area (Å²) >= 11 is 6.33. The second-order valence-electron chi connectivity index (χ2n) is 6.38. The van der Waals surface area contributed by atoms with Crippen molar-refractivity contribution in [2.45, 2.75) is 38.8 Å². The maximum atomic E-state index is 12.9. The highest BCUT2D eigenvalue weighted by Crippen LogP contribution is 2.38. The summed E-state index contributed by atoms with van der Waals surface area (Å²) in [6.07, 6.45) is 2.24.